The number of unbranched alkanes of at least 4 members (excludes halogenated alkanes) is 2. The molecule has 24 heteroatoms. The summed E-state index contributed by atoms with van der Waals surface area (Å²) in [5.41, 5.74) is 12.0. The van der Waals surface area contributed by atoms with Gasteiger partial charge in [0, 0.05) is 274 Å². The standard InChI is InChI=1S/C22H27Cl2N3O.C22H27F2N3O.C21H25F2N3O.C20H23F2N3O/c2*23-19-7-6-17(16-20(19)24)26-14-12-25(13-15-26)9-1-2-10-27-11-8-18-21(27)4-3-5-22(18)28;22-18-6-5-16(15-19(18)23)25-13-11-24(12-14-25)8-2-9-26-10-7-17-20(26)3-1-4-21(17)27;21-17-5-4-15(14-18(17)22)24-11-8-23(9-12-24)10-13-25-7-6-16-19(25)2-1-3-20(16)26/h2*6-8,11,16H,1-5,9-10,12-15H2;5-7,10,15H,1-4,8-9,11-14H2;4-7,14H,1-3,8-13H2. The van der Waals surface area contributed by atoms with Crippen LogP contribution in [0, 0.1) is 34.9 Å². The van der Waals surface area contributed by atoms with Crippen LogP contribution in [0.4, 0.5) is 49.1 Å². The zero-order valence-electron chi connectivity index (χ0n) is 62.6. The summed E-state index contributed by atoms with van der Waals surface area (Å²) in [6, 6.07) is 26.1. The van der Waals surface area contributed by atoms with Crippen LogP contribution in [-0.2, 0) is 51.9 Å². The van der Waals surface area contributed by atoms with E-state index in [4.69, 9.17) is 23.2 Å². The molecule has 0 bridgehead atoms. The lowest BCUT2D eigenvalue weighted by atomic mass is 9.97. The molecule has 8 aliphatic rings. The van der Waals surface area contributed by atoms with Crippen LogP contribution >= 0.6 is 23.2 Å². The highest BCUT2D eigenvalue weighted by molar-refractivity contribution is 6.42. The van der Waals surface area contributed by atoms with Gasteiger partial charge in [-0.1, -0.05) is 23.2 Å². The highest BCUT2D eigenvalue weighted by Gasteiger charge is 2.28. The van der Waals surface area contributed by atoms with Crippen molar-refractivity contribution in [3.05, 3.63) is 212 Å². The van der Waals surface area contributed by atoms with Crippen LogP contribution in [0.5, 0.6) is 0 Å². The average Bonchev–Trinajstić information content (AvgIpc) is 1.74. The van der Waals surface area contributed by atoms with E-state index in [2.05, 4.69) is 76.1 Å². The second-order valence-electron chi connectivity index (χ2n) is 30.1. The van der Waals surface area contributed by atoms with Crippen LogP contribution in [0.2, 0.25) is 10.0 Å². The number of halogens is 8. The molecule has 0 saturated carbocycles. The van der Waals surface area contributed by atoms with Crippen molar-refractivity contribution in [2.75, 3.05) is 150 Å². The second-order valence-corrected chi connectivity index (χ2v) is 30.9. The number of nitrogens with zero attached hydrogens (tertiary/aromatic N) is 12. The van der Waals surface area contributed by atoms with E-state index in [-0.39, 0.29) is 11.6 Å². The summed E-state index contributed by atoms with van der Waals surface area (Å²) >= 11 is 12.2. The van der Waals surface area contributed by atoms with Crippen LogP contribution in [0.3, 0.4) is 0 Å². The number of hydrogen-bond acceptors (Lipinski definition) is 12. The predicted octanol–water partition coefficient (Wildman–Crippen LogP) is 15.4. The average molecular weight is 1540 g/mol. The Kier molecular flexibility index (Phi) is 27.3. The van der Waals surface area contributed by atoms with Gasteiger partial charge < -0.3 is 37.9 Å². The van der Waals surface area contributed by atoms with Gasteiger partial charge in [0.15, 0.2) is 58.0 Å². The Labute approximate surface area is 646 Å². The predicted molar refractivity (Wildman–Crippen MR) is 420 cm³/mol. The lowest BCUT2D eigenvalue weighted by Crippen LogP contribution is -2.47. The minimum Gasteiger partial charge on any atom is -0.369 e. The summed E-state index contributed by atoms with van der Waals surface area (Å²) in [5.74, 6) is -3.61. The number of ketones is 4. The number of carbonyl (C=O) groups excluding carboxylic acids is 4. The number of piperazine rings is 4. The maximum Gasteiger partial charge on any atom is 0.164 e. The lowest BCUT2D eigenvalue weighted by Gasteiger charge is -2.36. The maximum atomic E-state index is 13.4. The minimum atomic E-state index is -0.805. The van der Waals surface area contributed by atoms with E-state index in [1.54, 1.807) is 18.2 Å². The van der Waals surface area contributed by atoms with Crippen molar-refractivity contribution in [2.24, 2.45) is 0 Å². The third kappa shape index (κ3) is 20.3. The van der Waals surface area contributed by atoms with E-state index in [1.807, 2.05) is 48.7 Å². The Hall–Kier alpha value is -8.12. The fourth-order valence-corrected chi connectivity index (χ4v) is 17.1. The van der Waals surface area contributed by atoms with Crippen LogP contribution in [0.25, 0.3) is 0 Å². The van der Waals surface area contributed by atoms with Gasteiger partial charge in [-0.2, -0.15) is 0 Å². The van der Waals surface area contributed by atoms with Gasteiger partial charge in [0.2, 0.25) is 0 Å². The molecule has 16 rings (SSSR count). The van der Waals surface area contributed by atoms with Crippen molar-refractivity contribution < 1.29 is 45.5 Å². The van der Waals surface area contributed by atoms with E-state index in [0.717, 1.165) is 279 Å². The number of benzene rings is 4. The van der Waals surface area contributed by atoms with Crippen molar-refractivity contribution >= 4 is 69.1 Å². The summed E-state index contributed by atoms with van der Waals surface area (Å²) in [5, 5.41) is 1.23. The molecule has 0 unspecified atom stereocenters. The van der Waals surface area contributed by atoms with Crippen molar-refractivity contribution in [3.8, 4) is 0 Å². The Bertz CT molecular complexity index is 4290. The quantitative estimate of drug-likeness (QED) is 0.0504. The van der Waals surface area contributed by atoms with Crippen molar-refractivity contribution in [1.29, 1.82) is 0 Å². The van der Waals surface area contributed by atoms with Crippen LogP contribution in [0.15, 0.2) is 122 Å². The summed E-state index contributed by atoms with van der Waals surface area (Å²) in [7, 11) is 0. The Morgan fingerprint density at radius 2 is 0.523 bits per heavy atom. The van der Waals surface area contributed by atoms with E-state index in [0.29, 0.717) is 47.3 Å². The molecule has 8 aromatic rings. The van der Waals surface area contributed by atoms with E-state index >= 15 is 0 Å². The molecule has 4 aromatic heterocycles. The minimum absolute atomic E-state index is 0.269. The molecule has 0 radical (unpaired) electrons. The maximum absolute atomic E-state index is 13.4. The van der Waals surface area contributed by atoms with Crippen LogP contribution in [0.1, 0.15) is 148 Å². The van der Waals surface area contributed by atoms with Gasteiger partial charge in [-0.15, -0.1) is 0 Å². The highest BCUT2D eigenvalue weighted by atomic mass is 35.5. The molecule has 8 heterocycles. The molecular weight excluding hydrogens is 1440 g/mol. The number of carbonyl (C=O) groups is 4. The third-order valence-electron chi connectivity index (χ3n) is 23.1. The van der Waals surface area contributed by atoms with Crippen LogP contribution in [-0.4, -0.2) is 192 Å². The van der Waals surface area contributed by atoms with Gasteiger partial charge in [-0.05, 0) is 182 Å². The number of fused-ring (bicyclic) bond motifs is 4. The summed E-state index contributed by atoms with van der Waals surface area (Å²) in [6.45, 7) is 22.5. The molecule has 0 amide bonds. The molecule has 109 heavy (non-hydrogen) atoms. The second kappa shape index (κ2) is 37.7. The normalized spacial score (nSPS) is 17.9. The first-order valence-electron chi connectivity index (χ1n) is 39.5. The van der Waals surface area contributed by atoms with Gasteiger partial charge in [-0.25, -0.2) is 26.3 Å². The Morgan fingerprint density at radius 1 is 0.257 bits per heavy atom. The number of hydrogen-bond donors (Lipinski definition) is 0. The fourth-order valence-electron chi connectivity index (χ4n) is 16.8. The van der Waals surface area contributed by atoms with Crippen molar-refractivity contribution in [2.45, 2.75) is 135 Å². The fraction of sp³-hybridized carbons (Fsp3) is 0.482. The number of aryl methyl sites for hydroxylation is 3. The van der Waals surface area contributed by atoms with Crippen molar-refractivity contribution in [1.82, 2.24) is 37.9 Å². The van der Waals surface area contributed by atoms with E-state index < -0.39 is 34.9 Å². The number of rotatable bonds is 21. The third-order valence-corrected chi connectivity index (χ3v) is 23.9. The zero-order chi connectivity index (χ0) is 75.9. The van der Waals surface area contributed by atoms with Crippen molar-refractivity contribution in [3.63, 3.8) is 0 Å². The van der Waals surface area contributed by atoms with Crippen LogP contribution < -0.4 is 19.6 Å². The molecule has 4 aliphatic carbocycles. The molecular formula is C85H102Cl2F6N12O4. The summed E-state index contributed by atoms with van der Waals surface area (Å²) < 4.78 is 88.5. The Balaban J connectivity index is 0.000000128. The summed E-state index contributed by atoms with van der Waals surface area (Å²) in [4.78, 5) is 66.2. The van der Waals surface area contributed by atoms with Gasteiger partial charge in [0.1, 0.15) is 0 Å². The lowest BCUT2D eigenvalue weighted by molar-refractivity contribution is 0.0963. The SMILES string of the molecule is O=C1CCCc2c1ccn2CCCCN1CCN(c2ccc(Cl)c(Cl)c2)CC1.O=C1CCCc2c1ccn2CCCCN1CCN(c2ccc(F)c(F)c2)CC1.O=C1CCCc2c1ccn2CCCN1CCN(c2ccc(F)c(F)c2)CC1.O=C1CCCc2c1ccn2CCN1CCN(c2ccc(F)c(F)c2)CC1. The molecule has 4 aliphatic heterocycles. The van der Waals surface area contributed by atoms with Gasteiger partial charge in [-0.3, -0.25) is 38.8 Å². The highest BCUT2D eigenvalue weighted by Crippen LogP contribution is 2.31. The number of anilines is 4. The first kappa shape index (κ1) is 79.0. The first-order valence-corrected chi connectivity index (χ1v) is 40.3. The molecule has 16 nitrogen and oxygen atoms in total. The first-order chi connectivity index (χ1) is 53.0. The molecule has 0 atom stereocenters. The molecule has 4 fully saturated rings. The number of Topliss-reactive ketones (excluding diaryl/α,β-unsaturated/α-hetero) is 4. The Morgan fingerprint density at radius 3 is 0.835 bits per heavy atom. The molecule has 0 spiro atoms. The van der Waals surface area contributed by atoms with Gasteiger partial charge in [0.05, 0.1) is 10.0 Å². The van der Waals surface area contributed by atoms with Gasteiger partial charge >= 0.3 is 0 Å². The monoisotopic (exact) mass is 1540 g/mol. The smallest absolute Gasteiger partial charge is 0.164 e. The topological polar surface area (TPSA) is 114 Å². The summed E-state index contributed by atoms with van der Waals surface area (Å²) in [6.07, 6.45) is 24.5. The molecule has 582 valence electrons. The zero-order valence-corrected chi connectivity index (χ0v) is 64.1. The van der Waals surface area contributed by atoms with Gasteiger partial charge in [0.25, 0.3) is 0 Å². The van der Waals surface area contributed by atoms with E-state index in [9.17, 15) is 45.5 Å². The number of aromatic nitrogens is 4. The molecule has 4 aromatic carbocycles. The van der Waals surface area contributed by atoms with E-state index in [1.165, 1.54) is 65.6 Å². The molecule has 0 N–H and O–H groups in total. The largest absolute Gasteiger partial charge is 0.369 e. The molecule has 4 saturated heterocycles.